The lowest BCUT2D eigenvalue weighted by Crippen LogP contribution is -2.69. The zero-order valence-corrected chi connectivity index (χ0v) is 7.87. The third-order valence-electron chi connectivity index (χ3n) is 2.45. The Labute approximate surface area is 82.4 Å². The molecule has 2 atom stereocenters. The minimum Gasteiger partial charge on any atom is -0.363 e. The van der Waals surface area contributed by atoms with Gasteiger partial charge in [-0.25, -0.2) is 13.2 Å². The fourth-order valence-electron chi connectivity index (χ4n) is 1.46. The van der Waals surface area contributed by atoms with Gasteiger partial charge in [-0.1, -0.05) is 11.6 Å². The number of halogens is 4. The van der Waals surface area contributed by atoms with Crippen LogP contribution in [0.25, 0.3) is 0 Å². The lowest BCUT2D eigenvalue weighted by molar-refractivity contribution is -0.242. The highest BCUT2D eigenvalue weighted by atomic mass is 35.5. The molecule has 2 unspecified atom stereocenters. The van der Waals surface area contributed by atoms with Crippen molar-refractivity contribution in [2.45, 2.75) is 24.4 Å². The molecule has 0 saturated heterocycles. The van der Waals surface area contributed by atoms with Gasteiger partial charge in [0.05, 0.1) is 5.41 Å². The van der Waals surface area contributed by atoms with Gasteiger partial charge in [0, 0.05) is 6.42 Å². The molecule has 0 bridgehead atoms. The number of carbonyl (C=O) groups excluding carboxylic acids is 2. The molecule has 7 heteroatoms. The van der Waals surface area contributed by atoms with Crippen molar-refractivity contribution >= 4 is 23.3 Å². The van der Waals surface area contributed by atoms with E-state index in [4.69, 9.17) is 11.6 Å². The van der Waals surface area contributed by atoms with Gasteiger partial charge >= 0.3 is 0 Å². The molecule has 3 nitrogen and oxygen atoms in total. The first-order chi connectivity index (χ1) is 6.06. The molecule has 2 N–H and O–H groups in total. The maximum absolute atomic E-state index is 13.2. The highest BCUT2D eigenvalue weighted by Crippen LogP contribution is 2.64. The van der Waals surface area contributed by atoms with Crippen LogP contribution in [0.5, 0.6) is 0 Å². The zero-order valence-electron chi connectivity index (χ0n) is 7.11. The van der Waals surface area contributed by atoms with Gasteiger partial charge in [0.25, 0.3) is 17.0 Å². The van der Waals surface area contributed by atoms with Crippen molar-refractivity contribution < 1.29 is 22.8 Å². The van der Waals surface area contributed by atoms with Crippen molar-refractivity contribution in [3.63, 3.8) is 0 Å². The second kappa shape index (κ2) is 2.62. The van der Waals surface area contributed by atoms with Crippen molar-refractivity contribution in [2.24, 2.45) is 11.1 Å². The van der Waals surface area contributed by atoms with Gasteiger partial charge in [0.2, 0.25) is 5.78 Å². The average molecular weight is 230 g/mol. The number of alkyl halides is 4. The quantitative estimate of drug-likeness (QED) is 0.567. The van der Waals surface area contributed by atoms with Crippen LogP contribution in [0.2, 0.25) is 0 Å². The van der Waals surface area contributed by atoms with E-state index in [0.717, 1.165) is 6.92 Å². The molecule has 0 radical (unpaired) electrons. The van der Waals surface area contributed by atoms with E-state index in [9.17, 15) is 22.8 Å². The van der Waals surface area contributed by atoms with Crippen LogP contribution in [0.3, 0.4) is 0 Å². The topological polar surface area (TPSA) is 60.2 Å². The summed E-state index contributed by atoms with van der Waals surface area (Å²) in [6.07, 6.45) is -1.11. The Hall–Kier alpha value is -0.780. The van der Waals surface area contributed by atoms with Gasteiger partial charge in [-0.2, -0.15) is 0 Å². The van der Waals surface area contributed by atoms with Gasteiger partial charge in [-0.05, 0) is 6.92 Å². The van der Waals surface area contributed by atoms with Crippen molar-refractivity contribution in [2.75, 3.05) is 0 Å². The number of hydrogen-bond acceptors (Lipinski definition) is 2. The molecule has 14 heavy (non-hydrogen) atoms. The van der Waals surface area contributed by atoms with Crippen LogP contribution in [-0.2, 0) is 9.59 Å². The third kappa shape index (κ3) is 1.06. The van der Waals surface area contributed by atoms with Crippen molar-refractivity contribution in [1.82, 2.24) is 0 Å². The Bertz CT molecular complexity index is 318. The SMILES string of the molecule is CC1(C(=O)C(N)=O)CC(F)(F)C1(F)Cl. The standard InChI is InChI=1S/C7H7ClF3NO2/c1-5(3(13)4(12)14)2-6(9,10)7(5,8)11/h2H2,1H3,(H2,12,14). The molecule has 1 saturated carbocycles. The Kier molecular flexibility index (Phi) is 2.12. The summed E-state index contributed by atoms with van der Waals surface area (Å²) in [5.74, 6) is -6.69. The predicted octanol–water partition coefficient (Wildman–Crippen LogP) is 0.991. The summed E-state index contributed by atoms with van der Waals surface area (Å²) in [5, 5.41) is -3.54. The molecule has 1 rings (SSSR count). The molecule has 0 heterocycles. The molecule has 0 aromatic carbocycles. The van der Waals surface area contributed by atoms with E-state index >= 15 is 0 Å². The molecule has 80 valence electrons. The van der Waals surface area contributed by atoms with E-state index in [2.05, 4.69) is 5.73 Å². The molecule has 1 aliphatic carbocycles. The van der Waals surface area contributed by atoms with Crippen LogP contribution in [0.15, 0.2) is 0 Å². The summed E-state index contributed by atoms with van der Waals surface area (Å²) in [7, 11) is 0. The van der Waals surface area contributed by atoms with E-state index in [0.29, 0.717) is 0 Å². The molecular formula is C7H7ClF3NO2. The summed E-state index contributed by atoms with van der Waals surface area (Å²) in [6, 6.07) is 0. The Morgan fingerprint density at radius 2 is 1.79 bits per heavy atom. The lowest BCUT2D eigenvalue weighted by Gasteiger charge is -2.51. The van der Waals surface area contributed by atoms with Crippen LogP contribution in [0.4, 0.5) is 13.2 Å². The van der Waals surface area contributed by atoms with Crippen LogP contribution < -0.4 is 5.73 Å². The molecular weight excluding hydrogens is 223 g/mol. The first-order valence-corrected chi connectivity index (χ1v) is 4.04. The first-order valence-electron chi connectivity index (χ1n) is 3.66. The fourth-order valence-corrected chi connectivity index (χ4v) is 1.68. The molecule has 0 aliphatic heterocycles. The third-order valence-corrected chi connectivity index (χ3v) is 3.15. The number of ketones is 1. The number of rotatable bonds is 2. The Morgan fingerprint density at radius 3 is 2.00 bits per heavy atom. The maximum Gasteiger partial charge on any atom is 0.297 e. The van der Waals surface area contributed by atoms with Crippen LogP contribution in [0.1, 0.15) is 13.3 Å². The van der Waals surface area contributed by atoms with E-state index in [1.165, 1.54) is 0 Å². The highest BCUT2D eigenvalue weighted by Gasteiger charge is 2.79. The van der Waals surface area contributed by atoms with E-state index < -0.39 is 34.6 Å². The summed E-state index contributed by atoms with van der Waals surface area (Å²) >= 11 is 4.90. The normalized spacial score (nSPS) is 40.1. The van der Waals surface area contributed by atoms with Gasteiger partial charge in [0.1, 0.15) is 0 Å². The first kappa shape index (κ1) is 11.3. The monoisotopic (exact) mass is 229 g/mol. The lowest BCUT2D eigenvalue weighted by atomic mass is 9.62. The van der Waals surface area contributed by atoms with Crippen LogP contribution in [0, 0.1) is 5.41 Å². The minimum absolute atomic E-state index is 0.852. The molecule has 0 aromatic heterocycles. The van der Waals surface area contributed by atoms with Gasteiger partial charge in [-0.15, -0.1) is 0 Å². The highest BCUT2D eigenvalue weighted by molar-refractivity contribution is 6.41. The Morgan fingerprint density at radius 1 is 1.36 bits per heavy atom. The average Bonchev–Trinajstić information content (AvgIpc) is 2.01. The summed E-state index contributed by atoms with van der Waals surface area (Å²) in [5.41, 5.74) is 2.35. The fraction of sp³-hybridized carbons (Fsp3) is 0.714. The number of Topliss-reactive ketones (excluding diaryl/α,β-unsaturated/α-hetero) is 1. The predicted molar refractivity (Wildman–Crippen MR) is 41.6 cm³/mol. The minimum atomic E-state index is -3.81. The van der Waals surface area contributed by atoms with Gasteiger partial charge < -0.3 is 5.73 Å². The smallest absolute Gasteiger partial charge is 0.297 e. The van der Waals surface area contributed by atoms with Crippen LogP contribution in [-0.4, -0.2) is 22.7 Å². The van der Waals surface area contributed by atoms with Crippen molar-refractivity contribution in [1.29, 1.82) is 0 Å². The maximum atomic E-state index is 13.2. The molecule has 0 spiro atoms. The number of primary amides is 1. The Balaban J connectivity index is 3.03. The zero-order chi connectivity index (χ0) is 11.4. The largest absolute Gasteiger partial charge is 0.363 e. The number of carbonyl (C=O) groups is 2. The van der Waals surface area contributed by atoms with Gasteiger partial charge in [0.15, 0.2) is 0 Å². The van der Waals surface area contributed by atoms with Crippen molar-refractivity contribution in [3.8, 4) is 0 Å². The molecule has 0 aromatic rings. The van der Waals surface area contributed by atoms with Gasteiger partial charge in [-0.3, -0.25) is 9.59 Å². The van der Waals surface area contributed by atoms with Crippen molar-refractivity contribution in [3.05, 3.63) is 0 Å². The number of amides is 1. The summed E-state index contributed by atoms with van der Waals surface area (Å²) in [6.45, 7) is 0.852. The summed E-state index contributed by atoms with van der Waals surface area (Å²) < 4.78 is 38.5. The molecule has 1 amide bonds. The number of hydrogen-bond donors (Lipinski definition) is 1. The second-order valence-electron chi connectivity index (χ2n) is 3.48. The van der Waals surface area contributed by atoms with E-state index in [1.54, 1.807) is 0 Å². The van der Waals surface area contributed by atoms with E-state index in [1.807, 2.05) is 0 Å². The van der Waals surface area contributed by atoms with Crippen LogP contribution >= 0.6 is 11.6 Å². The molecule has 1 fully saturated rings. The van der Waals surface area contributed by atoms with E-state index in [-0.39, 0.29) is 0 Å². The number of nitrogens with two attached hydrogens (primary N) is 1. The second-order valence-corrected chi connectivity index (χ2v) is 4.00. The molecule has 1 aliphatic rings. The summed E-state index contributed by atoms with van der Waals surface area (Å²) in [4.78, 5) is 21.5.